The van der Waals surface area contributed by atoms with Crippen molar-refractivity contribution in [3.05, 3.63) is 47.3 Å². The number of carbonyl (C=O) groups excluding carboxylic acids is 2. The lowest BCUT2D eigenvalue weighted by molar-refractivity contribution is -0.124. The van der Waals surface area contributed by atoms with Gasteiger partial charge >= 0.3 is 0 Å². The van der Waals surface area contributed by atoms with Gasteiger partial charge in [0.15, 0.2) is 5.88 Å². The van der Waals surface area contributed by atoms with Crippen molar-refractivity contribution in [3.63, 3.8) is 0 Å². The van der Waals surface area contributed by atoms with Crippen LogP contribution in [0.25, 0.3) is 28.1 Å². The van der Waals surface area contributed by atoms with Gasteiger partial charge in [0.05, 0.1) is 42.8 Å². The van der Waals surface area contributed by atoms with Crippen molar-refractivity contribution in [2.24, 2.45) is 5.73 Å². The summed E-state index contributed by atoms with van der Waals surface area (Å²) < 4.78 is 15.7. The van der Waals surface area contributed by atoms with Gasteiger partial charge in [0.25, 0.3) is 5.91 Å². The Kier molecular flexibility index (Phi) is 7.77. The minimum Gasteiger partial charge on any atom is -0.482 e. The fourth-order valence-corrected chi connectivity index (χ4v) is 7.80. The number of nitrogens with one attached hydrogen (secondary N) is 1. The second kappa shape index (κ2) is 11.8. The zero-order valence-electron chi connectivity index (χ0n) is 26.6. The van der Waals surface area contributed by atoms with E-state index in [9.17, 15) is 9.59 Å². The molecule has 45 heavy (non-hydrogen) atoms. The third-order valence-corrected chi connectivity index (χ3v) is 10.2. The van der Waals surface area contributed by atoms with Crippen LogP contribution in [0.2, 0.25) is 0 Å². The maximum atomic E-state index is 13.8. The lowest BCUT2D eigenvalue weighted by Crippen LogP contribution is -2.40. The topological polar surface area (TPSA) is 129 Å². The van der Waals surface area contributed by atoms with Crippen molar-refractivity contribution < 1.29 is 19.1 Å². The van der Waals surface area contributed by atoms with Gasteiger partial charge in [0.1, 0.15) is 17.0 Å². The van der Waals surface area contributed by atoms with Crippen LogP contribution < -0.4 is 15.8 Å². The minimum atomic E-state index is -0.244. The molecule has 3 aliphatic heterocycles. The molecule has 4 bridgehead atoms. The molecule has 0 spiro atoms. The summed E-state index contributed by atoms with van der Waals surface area (Å²) >= 11 is 0. The van der Waals surface area contributed by atoms with Crippen molar-refractivity contribution in [1.29, 1.82) is 0 Å². The molecule has 11 heteroatoms. The van der Waals surface area contributed by atoms with Crippen LogP contribution in [0, 0.1) is 6.92 Å². The highest BCUT2D eigenvalue weighted by Gasteiger charge is 2.47. The molecule has 7 rings (SSSR count). The molecule has 0 aliphatic carbocycles. The van der Waals surface area contributed by atoms with Crippen molar-refractivity contribution in [2.75, 3.05) is 14.2 Å². The van der Waals surface area contributed by atoms with E-state index >= 15 is 0 Å². The van der Waals surface area contributed by atoms with Crippen molar-refractivity contribution in [2.45, 2.75) is 102 Å². The van der Waals surface area contributed by atoms with E-state index in [1.807, 2.05) is 41.3 Å². The SMILES string of the molecule is COc1cc(C(=O)N2[C@H]3CC[C@@H]2[C@H](N)C3)cc2nc(-c3cc4ccc5nc4n3CCCCC[C@H](OC)CC(=O)N[C@@H]5C)c(C)n12. The van der Waals surface area contributed by atoms with Crippen LogP contribution in [-0.2, 0) is 16.1 Å². The lowest BCUT2D eigenvalue weighted by atomic mass is 9.97. The Morgan fingerprint density at radius 1 is 1.07 bits per heavy atom. The number of amides is 2. The van der Waals surface area contributed by atoms with Crippen molar-refractivity contribution in [3.8, 4) is 17.3 Å². The van der Waals surface area contributed by atoms with E-state index < -0.39 is 0 Å². The Labute approximate surface area is 263 Å². The molecule has 2 saturated heterocycles. The van der Waals surface area contributed by atoms with Gasteiger partial charge in [-0.15, -0.1) is 0 Å². The predicted octanol–water partition coefficient (Wildman–Crippen LogP) is 4.53. The highest BCUT2D eigenvalue weighted by Crippen LogP contribution is 2.39. The molecule has 0 unspecified atom stereocenters. The number of hydrogen-bond donors (Lipinski definition) is 2. The maximum Gasteiger partial charge on any atom is 0.254 e. The summed E-state index contributed by atoms with van der Waals surface area (Å²) in [6.07, 6.45) is 6.85. The zero-order valence-corrected chi connectivity index (χ0v) is 26.6. The second-order valence-corrected chi connectivity index (χ2v) is 13.0. The minimum absolute atomic E-state index is 0.00521. The summed E-state index contributed by atoms with van der Waals surface area (Å²) in [7, 11) is 3.30. The molecular formula is C34H43N7O4. The fraction of sp³-hybridized carbons (Fsp3) is 0.529. The number of carbonyl (C=O) groups is 2. The molecule has 0 aromatic carbocycles. The van der Waals surface area contributed by atoms with Gasteiger partial charge in [0, 0.05) is 48.8 Å². The van der Waals surface area contributed by atoms with Crippen LogP contribution in [0.3, 0.4) is 0 Å². The molecule has 0 saturated carbocycles. The summed E-state index contributed by atoms with van der Waals surface area (Å²) in [6.45, 7) is 4.78. The third kappa shape index (κ3) is 5.15. The van der Waals surface area contributed by atoms with Crippen molar-refractivity contribution >= 4 is 28.5 Å². The highest BCUT2D eigenvalue weighted by atomic mass is 16.5. The van der Waals surface area contributed by atoms with E-state index in [0.717, 1.165) is 85.3 Å². The molecule has 7 heterocycles. The first kappa shape index (κ1) is 29.7. The van der Waals surface area contributed by atoms with Crippen LogP contribution in [0.4, 0.5) is 0 Å². The van der Waals surface area contributed by atoms with Crippen LogP contribution in [-0.4, -0.2) is 74.1 Å². The largest absolute Gasteiger partial charge is 0.482 e. The van der Waals surface area contributed by atoms with Gasteiger partial charge in [-0.2, -0.15) is 0 Å². The maximum absolute atomic E-state index is 13.8. The predicted molar refractivity (Wildman–Crippen MR) is 171 cm³/mol. The van der Waals surface area contributed by atoms with E-state index in [0.29, 0.717) is 23.5 Å². The number of aromatic nitrogens is 4. The molecule has 5 atom stereocenters. The Bertz CT molecular complexity index is 1780. The molecule has 2 fully saturated rings. The van der Waals surface area contributed by atoms with E-state index in [1.165, 1.54) is 0 Å². The van der Waals surface area contributed by atoms with Crippen LogP contribution in [0.15, 0.2) is 30.3 Å². The number of pyridine rings is 2. The Hall–Kier alpha value is -3.96. The first-order valence-corrected chi connectivity index (χ1v) is 16.3. The number of rotatable bonds is 4. The zero-order chi connectivity index (χ0) is 31.4. The molecule has 2 amide bonds. The lowest BCUT2D eigenvalue weighted by Gasteiger charge is -2.23. The first-order chi connectivity index (χ1) is 21.8. The standard InChI is InChI=1S/C34H43N7O4/c1-19-26-11-9-21-14-28(39(33(21)37-26)13-7-5-6-8-24(44-3)18-30(42)36-19)32-20(2)40-29(38-32)15-22(16-31(40)45-4)34(43)41-23-10-12-27(41)25(35)17-23/h9,11,14-16,19,23-25,27H,5-8,10,12-13,17-18,35H2,1-4H3,(H,36,42)/t19-,23+,24+,25-,27-/m1/s1. The van der Waals surface area contributed by atoms with E-state index in [-0.39, 0.29) is 42.1 Å². The summed E-state index contributed by atoms with van der Waals surface area (Å²) in [6, 6.07) is 10.00. The summed E-state index contributed by atoms with van der Waals surface area (Å²) in [5.41, 5.74) is 12.0. The molecule has 11 nitrogen and oxygen atoms in total. The van der Waals surface area contributed by atoms with Gasteiger partial charge in [-0.25, -0.2) is 9.97 Å². The molecule has 3 N–H and O–H groups in total. The van der Waals surface area contributed by atoms with Gasteiger partial charge in [-0.1, -0.05) is 12.8 Å². The molecular weight excluding hydrogens is 570 g/mol. The highest BCUT2D eigenvalue weighted by molar-refractivity contribution is 5.97. The number of aryl methyl sites for hydroxylation is 2. The Morgan fingerprint density at radius 3 is 2.64 bits per heavy atom. The van der Waals surface area contributed by atoms with E-state index in [4.69, 9.17) is 25.2 Å². The fourth-order valence-electron chi connectivity index (χ4n) is 7.80. The monoisotopic (exact) mass is 613 g/mol. The Morgan fingerprint density at radius 2 is 1.91 bits per heavy atom. The third-order valence-electron chi connectivity index (χ3n) is 10.2. The van der Waals surface area contributed by atoms with Gasteiger partial charge in [-0.05, 0) is 70.2 Å². The summed E-state index contributed by atoms with van der Waals surface area (Å²) in [5, 5.41) is 4.12. The smallest absolute Gasteiger partial charge is 0.254 e. The summed E-state index contributed by atoms with van der Waals surface area (Å²) in [4.78, 5) is 38.8. The number of hydrogen-bond acceptors (Lipinski definition) is 7. The van der Waals surface area contributed by atoms with Crippen LogP contribution in [0.5, 0.6) is 5.88 Å². The van der Waals surface area contributed by atoms with Gasteiger partial charge < -0.3 is 30.0 Å². The number of imidazole rings is 1. The molecule has 4 aromatic heterocycles. The number of fused-ring (bicyclic) bond motifs is 4. The number of nitrogens with zero attached hydrogens (tertiary/aromatic N) is 5. The molecule has 0 radical (unpaired) electrons. The number of nitrogens with two attached hydrogens (primary N) is 1. The average Bonchev–Trinajstić information content (AvgIpc) is 3.78. The van der Waals surface area contributed by atoms with Crippen molar-refractivity contribution in [1.82, 2.24) is 29.2 Å². The van der Waals surface area contributed by atoms with Gasteiger partial charge in [0.2, 0.25) is 5.91 Å². The number of methoxy groups -OCH3 is 2. The van der Waals surface area contributed by atoms with Crippen LogP contribution >= 0.6 is 0 Å². The average molecular weight is 614 g/mol. The normalized spacial score (nSPS) is 25.7. The van der Waals surface area contributed by atoms with E-state index in [2.05, 4.69) is 22.0 Å². The summed E-state index contributed by atoms with van der Waals surface area (Å²) in [5.74, 6) is 0.531. The van der Waals surface area contributed by atoms with E-state index in [1.54, 1.807) is 14.2 Å². The number of ether oxygens (including phenoxy) is 2. The molecule has 238 valence electrons. The van der Waals surface area contributed by atoms with Crippen LogP contribution in [0.1, 0.15) is 86.1 Å². The second-order valence-electron chi connectivity index (χ2n) is 13.0. The Balaban J connectivity index is 1.30. The quantitative estimate of drug-likeness (QED) is 0.346. The first-order valence-electron chi connectivity index (χ1n) is 16.3. The van der Waals surface area contributed by atoms with Gasteiger partial charge in [-0.3, -0.25) is 14.0 Å². The molecule has 3 aliphatic rings. The molecule has 4 aromatic rings.